The minimum atomic E-state index is -1.96. The molecular formula is C46H74N4O12. The average molecular weight is 875 g/mol. The predicted molar refractivity (Wildman–Crippen MR) is 230 cm³/mol. The molecule has 2 fully saturated rings. The number of hydrogen-bond donors (Lipinski definition) is 5. The largest absolute Gasteiger partial charge is 0.459 e. The summed E-state index contributed by atoms with van der Waals surface area (Å²) in [4.78, 5) is 40.9. The third-order valence-electron chi connectivity index (χ3n) is 13.4. The lowest BCUT2D eigenvalue weighted by Crippen LogP contribution is -2.60. The smallest absolute Gasteiger partial charge is 0.311 e. The minimum Gasteiger partial charge on any atom is -0.459 e. The average Bonchev–Trinajstić information content (AvgIpc) is 3.73. The van der Waals surface area contributed by atoms with Crippen molar-refractivity contribution in [2.45, 2.75) is 180 Å². The fraction of sp³-hybridized carbons (Fsp3) is 0.761. The molecule has 2 aromatic rings. The van der Waals surface area contributed by atoms with Gasteiger partial charge in [-0.3, -0.25) is 24.0 Å². The monoisotopic (exact) mass is 875 g/mol. The van der Waals surface area contributed by atoms with Crippen molar-refractivity contribution in [1.29, 1.82) is 0 Å². The number of hydrogen-bond acceptors (Lipinski definition) is 15. The first kappa shape index (κ1) is 51.4. The third-order valence-corrected chi connectivity index (χ3v) is 13.4. The van der Waals surface area contributed by atoms with Gasteiger partial charge in [-0.25, -0.2) is 0 Å². The molecule has 16 heteroatoms. The molecule has 2 aliphatic rings. The number of ether oxygens (including phenoxy) is 4. The van der Waals surface area contributed by atoms with E-state index in [9.17, 15) is 34.8 Å². The number of nitrogens with zero attached hydrogens (tertiary/aromatic N) is 4. The normalized spacial score (nSPS) is 35.4. The van der Waals surface area contributed by atoms with Gasteiger partial charge in [0.2, 0.25) is 0 Å². The number of carbonyl (C=O) groups excluding carboxylic acids is 3. The number of aromatic nitrogens is 3. The van der Waals surface area contributed by atoms with E-state index in [1.54, 1.807) is 27.7 Å². The van der Waals surface area contributed by atoms with E-state index in [4.69, 9.17) is 24.1 Å². The van der Waals surface area contributed by atoms with Crippen LogP contribution in [0, 0.1) is 23.7 Å². The number of Topliss-reactive ketones (excluding diaryl/α,β-unsaturated/α-hetero) is 2. The fourth-order valence-electron chi connectivity index (χ4n) is 9.31. The van der Waals surface area contributed by atoms with Crippen LogP contribution in [0.15, 0.2) is 30.5 Å². The number of ketones is 2. The van der Waals surface area contributed by atoms with Gasteiger partial charge in [0.25, 0.3) is 0 Å². The first-order valence-corrected chi connectivity index (χ1v) is 22.4. The Labute approximate surface area is 367 Å². The Hall–Kier alpha value is -3.19. The maximum absolute atomic E-state index is 13.9. The molecular weight excluding hydrogens is 801 g/mol. The molecule has 350 valence electrons. The molecule has 2 saturated heterocycles. The molecule has 1 aromatic heterocycles. The van der Waals surface area contributed by atoms with Gasteiger partial charge in [-0.2, -0.15) is 0 Å². The van der Waals surface area contributed by atoms with Gasteiger partial charge in [-0.1, -0.05) is 63.9 Å². The molecule has 14 atom stereocenters. The Morgan fingerprint density at radius 1 is 1.02 bits per heavy atom. The zero-order valence-electron chi connectivity index (χ0n) is 38.5. The van der Waals surface area contributed by atoms with Crippen LogP contribution in [-0.4, -0.2) is 144 Å². The highest BCUT2D eigenvalue weighted by Crippen LogP contribution is 2.39. The third kappa shape index (κ3) is 12.5. The summed E-state index contributed by atoms with van der Waals surface area (Å²) in [5, 5.41) is 64.2. The van der Waals surface area contributed by atoms with E-state index < -0.39 is 90.3 Å². The highest BCUT2D eigenvalue weighted by atomic mass is 16.7. The standard InChI is InChI=1S/C46H74N4O12/c1-11-37-46(8,58)41(56)29(4)38(53)27(2)23-45(7,59-10)42(30(5)39(54)31(6)43(57)61-37)62-44-40(55)36(21-28(3)60-44)49(9)24-32-17-16-18-33(22-32)35-25-50(48-47-35)20-15-13-12-14-19-34(52)26-51/h16-18,22,25,27-31,36-37,39-42,44,51,54-56,58H,11-15,19-21,23-24,26H2,1-10H3/t27-,28-,29+,30+,31-,36+,37-,39+,40-,41-,42-,44+,45-,46-/m1/s1. The van der Waals surface area contributed by atoms with E-state index in [-0.39, 0.29) is 30.5 Å². The molecule has 0 radical (unpaired) electrons. The summed E-state index contributed by atoms with van der Waals surface area (Å²) in [6.07, 6.45) is -1.24. The van der Waals surface area contributed by atoms with Crippen molar-refractivity contribution >= 4 is 17.5 Å². The van der Waals surface area contributed by atoms with Gasteiger partial charge < -0.3 is 44.5 Å². The Bertz CT molecular complexity index is 1760. The van der Waals surface area contributed by atoms with Gasteiger partial charge in [0.1, 0.15) is 35.9 Å². The minimum absolute atomic E-state index is 0.0837. The summed E-state index contributed by atoms with van der Waals surface area (Å²) < 4.78 is 26.7. The van der Waals surface area contributed by atoms with Crippen molar-refractivity contribution in [3.63, 3.8) is 0 Å². The number of methoxy groups -OCH3 is 1. The van der Waals surface area contributed by atoms with Crippen LogP contribution in [0.5, 0.6) is 0 Å². The Morgan fingerprint density at radius 3 is 2.37 bits per heavy atom. The molecule has 4 rings (SSSR count). The Morgan fingerprint density at radius 2 is 1.71 bits per heavy atom. The summed E-state index contributed by atoms with van der Waals surface area (Å²) in [7, 11) is 3.40. The number of aliphatic hydroxyl groups is 5. The summed E-state index contributed by atoms with van der Waals surface area (Å²) in [5.41, 5.74) is -0.613. The first-order valence-electron chi connectivity index (χ1n) is 22.4. The zero-order valence-corrected chi connectivity index (χ0v) is 38.5. The van der Waals surface area contributed by atoms with E-state index in [1.165, 1.54) is 27.9 Å². The molecule has 0 unspecified atom stereocenters. The van der Waals surface area contributed by atoms with Crippen LogP contribution < -0.4 is 0 Å². The van der Waals surface area contributed by atoms with Gasteiger partial charge in [0.05, 0.1) is 42.1 Å². The molecule has 1 aromatic carbocycles. The SMILES string of the molecule is CC[C@H]1OC(=O)[C@H](C)[C@@H](O)[C@H](C)[C@@H](O[C@@H]2O[C@H](C)C[C@H](N(C)Cc3cccc(-c4cn(CCCCCCC(=O)CO)nn4)c3)[C@H]2O)[C@](C)(OC)C[C@@H](C)C(=O)[C@H](C)[C@@H](O)[C@]1(C)O. The van der Waals surface area contributed by atoms with Gasteiger partial charge in [-0.15, -0.1) is 5.10 Å². The molecule has 0 bridgehead atoms. The number of rotatable bonds is 16. The van der Waals surface area contributed by atoms with Crippen LogP contribution in [0.2, 0.25) is 0 Å². The van der Waals surface area contributed by atoms with Crippen molar-refractivity contribution in [2.75, 3.05) is 20.8 Å². The molecule has 0 amide bonds. The van der Waals surface area contributed by atoms with E-state index in [1.807, 2.05) is 49.1 Å². The molecule has 2 aliphatic heterocycles. The van der Waals surface area contributed by atoms with Gasteiger partial charge in [0, 0.05) is 56.0 Å². The second kappa shape index (κ2) is 22.6. The highest BCUT2D eigenvalue weighted by Gasteiger charge is 2.52. The summed E-state index contributed by atoms with van der Waals surface area (Å²) >= 11 is 0. The molecule has 5 N–H and O–H groups in total. The van der Waals surface area contributed by atoms with E-state index >= 15 is 0 Å². The molecule has 0 spiro atoms. The number of unbranched alkanes of at least 4 members (excludes halogenated alkanes) is 3. The van der Waals surface area contributed by atoms with Crippen LogP contribution >= 0.6 is 0 Å². The van der Waals surface area contributed by atoms with Crippen molar-refractivity contribution in [3.8, 4) is 11.3 Å². The van der Waals surface area contributed by atoms with Crippen LogP contribution in [0.1, 0.15) is 112 Å². The van der Waals surface area contributed by atoms with Crippen LogP contribution in [0.4, 0.5) is 0 Å². The second-order valence-corrected chi connectivity index (χ2v) is 18.5. The first-order chi connectivity index (χ1) is 29.2. The number of benzene rings is 1. The lowest BCUT2D eigenvalue weighted by atomic mass is 9.74. The van der Waals surface area contributed by atoms with Gasteiger partial charge in [-0.05, 0) is 78.5 Å². The second-order valence-electron chi connectivity index (χ2n) is 18.5. The molecule has 62 heavy (non-hydrogen) atoms. The summed E-state index contributed by atoms with van der Waals surface area (Å²) in [5.74, 6) is -4.92. The molecule has 0 saturated carbocycles. The van der Waals surface area contributed by atoms with E-state index in [0.717, 1.165) is 42.5 Å². The van der Waals surface area contributed by atoms with Crippen LogP contribution in [0.3, 0.4) is 0 Å². The maximum Gasteiger partial charge on any atom is 0.311 e. The number of likely N-dealkylation sites (N-methyl/N-ethyl adjacent to an activating group) is 1. The predicted octanol–water partition coefficient (Wildman–Crippen LogP) is 3.86. The van der Waals surface area contributed by atoms with Gasteiger partial charge in [0.15, 0.2) is 12.1 Å². The maximum atomic E-state index is 13.9. The van der Waals surface area contributed by atoms with E-state index in [0.29, 0.717) is 25.9 Å². The number of cyclic esters (lactones) is 1. The molecule has 0 aliphatic carbocycles. The molecule has 16 nitrogen and oxygen atoms in total. The Balaban J connectivity index is 1.53. The highest BCUT2D eigenvalue weighted by molar-refractivity contribution is 5.83. The summed E-state index contributed by atoms with van der Waals surface area (Å²) in [6, 6.07) is 7.57. The van der Waals surface area contributed by atoms with E-state index in [2.05, 4.69) is 15.2 Å². The zero-order chi connectivity index (χ0) is 46.1. The van der Waals surface area contributed by atoms with Crippen LogP contribution in [0.25, 0.3) is 11.3 Å². The fourth-order valence-corrected chi connectivity index (χ4v) is 9.31. The lowest BCUT2D eigenvalue weighted by molar-refractivity contribution is -0.302. The quantitative estimate of drug-likeness (QED) is 0.119. The van der Waals surface area contributed by atoms with Crippen molar-refractivity contribution < 1.29 is 58.9 Å². The Kier molecular flexibility index (Phi) is 18.8. The van der Waals surface area contributed by atoms with Crippen LogP contribution in [-0.2, 0) is 46.4 Å². The number of aliphatic hydroxyl groups excluding tert-OH is 4. The number of carbonyl (C=O) groups is 3. The number of aryl methyl sites for hydroxylation is 1. The summed E-state index contributed by atoms with van der Waals surface area (Å²) in [6.45, 7) is 14.0. The van der Waals surface area contributed by atoms with Crippen molar-refractivity contribution in [3.05, 3.63) is 36.0 Å². The van der Waals surface area contributed by atoms with Crippen molar-refractivity contribution in [2.24, 2.45) is 23.7 Å². The lowest BCUT2D eigenvalue weighted by Gasteiger charge is -2.48. The van der Waals surface area contributed by atoms with Gasteiger partial charge >= 0.3 is 5.97 Å². The topological polar surface area (TPSA) is 223 Å². The molecule has 3 heterocycles. The van der Waals surface area contributed by atoms with Crippen molar-refractivity contribution in [1.82, 2.24) is 19.9 Å². The number of esters is 1.